The molecule has 1 aromatic carbocycles. The molecule has 1 aliphatic carbocycles. The summed E-state index contributed by atoms with van der Waals surface area (Å²) in [5, 5.41) is 4.71. The van der Waals surface area contributed by atoms with Crippen molar-refractivity contribution in [2.24, 2.45) is 5.92 Å². The number of benzene rings is 1. The second kappa shape index (κ2) is 6.90. The van der Waals surface area contributed by atoms with Gasteiger partial charge in [-0.05, 0) is 56.0 Å². The van der Waals surface area contributed by atoms with Crippen LogP contribution in [0.3, 0.4) is 0 Å². The molecule has 0 aliphatic heterocycles. The lowest BCUT2D eigenvalue weighted by atomic mass is 10.00. The molecule has 1 aliphatic rings. The van der Waals surface area contributed by atoms with Crippen molar-refractivity contribution >= 4 is 10.9 Å². The Morgan fingerprint density at radius 3 is 3.10 bits per heavy atom. The average molecular weight is 284 g/mol. The van der Waals surface area contributed by atoms with E-state index in [9.17, 15) is 0 Å². The molecule has 3 nitrogen and oxygen atoms in total. The highest BCUT2D eigenvalue weighted by Gasteiger charge is 2.26. The SMILES string of the molecule is CCNC1CCCC1CCOc1cccc2ncccc12. The quantitative estimate of drug-likeness (QED) is 0.876. The predicted molar refractivity (Wildman–Crippen MR) is 86.7 cm³/mol. The molecule has 2 aromatic rings. The number of rotatable bonds is 6. The number of nitrogens with one attached hydrogen (secondary N) is 1. The summed E-state index contributed by atoms with van der Waals surface area (Å²) in [6.07, 6.45) is 6.95. The zero-order valence-electron chi connectivity index (χ0n) is 12.7. The van der Waals surface area contributed by atoms with Gasteiger partial charge in [-0.1, -0.05) is 19.4 Å². The Morgan fingerprint density at radius 2 is 2.19 bits per heavy atom. The van der Waals surface area contributed by atoms with Gasteiger partial charge in [-0.25, -0.2) is 0 Å². The fourth-order valence-corrected chi connectivity index (χ4v) is 3.43. The maximum absolute atomic E-state index is 6.04. The minimum Gasteiger partial charge on any atom is -0.493 e. The lowest BCUT2D eigenvalue weighted by Gasteiger charge is -2.20. The molecule has 21 heavy (non-hydrogen) atoms. The smallest absolute Gasteiger partial charge is 0.128 e. The molecule has 1 heterocycles. The zero-order valence-corrected chi connectivity index (χ0v) is 12.7. The summed E-state index contributed by atoms with van der Waals surface area (Å²) in [7, 11) is 0. The largest absolute Gasteiger partial charge is 0.493 e. The van der Waals surface area contributed by atoms with Gasteiger partial charge in [-0.3, -0.25) is 4.98 Å². The summed E-state index contributed by atoms with van der Waals surface area (Å²) in [6, 6.07) is 10.8. The van der Waals surface area contributed by atoms with Crippen LogP contribution in [0.1, 0.15) is 32.6 Å². The first-order chi connectivity index (χ1) is 10.4. The Balaban J connectivity index is 1.59. The van der Waals surface area contributed by atoms with Crippen LogP contribution >= 0.6 is 0 Å². The molecular weight excluding hydrogens is 260 g/mol. The molecule has 1 N–H and O–H groups in total. The Hall–Kier alpha value is -1.61. The van der Waals surface area contributed by atoms with E-state index < -0.39 is 0 Å². The van der Waals surface area contributed by atoms with E-state index in [4.69, 9.17) is 4.74 Å². The standard InChI is InChI=1S/C18H24N2O/c1-2-19-16-8-3-6-14(16)11-13-21-18-10-4-9-17-15(18)7-5-12-20-17/h4-5,7,9-10,12,14,16,19H,2-3,6,8,11,13H2,1H3. The lowest BCUT2D eigenvalue weighted by molar-refractivity contribution is 0.263. The van der Waals surface area contributed by atoms with Crippen LogP contribution in [0.25, 0.3) is 10.9 Å². The average Bonchev–Trinajstić information content (AvgIpc) is 2.95. The molecule has 1 saturated carbocycles. The number of fused-ring (bicyclic) bond motifs is 1. The van der Waals surface area contributed by atoms with Crippen LogP contribution in [0.15, 0.2) is 36.5 Å². The minimum absolute atomic E-state index is 0.688. The molecule has 2 atom stereocenters. The molecule has 0 amide bonds. The number of aromatic nitrogens is 1. The highest BCUT2D eigenvalue weighted by molar-refractivity contribution is 5.84. The van der Waals surface area contributed by atoms with Crippen LogP contribution in [0.2, 0.25) is 0 Å². The van der Waals surface area contributed by atoms with Crippen molar-refractivity contribution in [2.75, 3.05) is 13.2 Å². The lowest BCUT2D eigenvalue weighted by Crippen LogP contribution is -2.32. The van der Waals surface area contributed by atoms with Crippen LogP contribution in [0.4, 0.5) is 0 Å². The van der Waals surface area contributed by atoms with E-state index in [0.29, 0.717) is 6.04 Å². The Labute approximate surface area is 126 Å². The van der Waals surface area contributed by atoms with E-state index >= 15 is 0 Å². The first-order valence-corrected chi connectivity index (χ1v) is 8.08. The maximum atomic E-state index is 6.04. The third-order valence-corrected chi connectivity index (χ3v) is 4.48. The van der Waals surface area contributed by atoms with E-state index in [1.165, 1.54) is 19.3 Å². The van der Waals surface area contributed by atoms with Gasteiger partial charge in [0.15, 0.2) is 0 Å². The van der Waals surface area contributed by atoms with Crippen molar-refractivity contribution in [1.29, 1.82) is 0 Å². The molecule has 0 bridgehead atoms. The third kappa shape index (κ3) is 3.35. The maximum Gasteiger partial charge on any atom is 0.128 e. The molecule has 3 rings (SSSR count). The normalized spacial score (nSPS) is 21.8. The summed E-state index contributed by atoms with van der Waals surface area (Å²) >= 11 is 0. The highest BCUT2D eigenvalue weighted by atomic mass is 16.5. The minimum atomic E-state index is 0.688. The molecular formula is C18H24N2O. The summed E-state index contributed by atoms with van der Waals surface area (Å²) in [5.74, 6) is 1.72. The van der Waals surface area contributed by atoms with Crippen molar-refractivity contribution in [3.8, 4) is 5.75 Å². The van der Waals surface area contributed by atoms with Gasteiger partial charge in [0.25, 0.3) is 0 Å². The monoisotopic (exact) mass is 284 g/mol. The number of nitrogens with zero attached hydrogens (tertiary/aromatic N) is 1. The molecule has 1 aromatic heterocycles. The van der Waals surface area contributed by atoms with Crippen molar-refractivity contribution in [1.82, 2.24) is 10.3 Å². The fourth-order valence-electron chi connectivity index (χ4n) is 3.43. The topological polar surface area (TPSA) is 34.1 Å². The van der Waals surface area contributed by atoms with Crippen molar-refractivity contribution in [3.63, 3.8) is 0 Å². The van der Waals surface area contributed by atoms with Crippen molar-refractivity contribution in [3.05, 3.63) is 36.5 Å². The van der Waals surface area contributed by atoms with E-state index in [-0.39, 0.29) is 0 Å². The molecule has 112 valence electrons. The first kappa shape index (κ1) is 14.3. The van der Waals surface area contributed by atoms with Crippen LogP contribution in [-0.4, -0.2) is 24.2 Å². The Kier molecular flexibility index (Phi) is 4.71. The summed E-state index contributed by atoms with van der Waals surface area (Å²) in [6.45, 7) is 4.05. The van der Waals surface area contributed by atoms with Gasteiger partial charge in [0, 0.05) is 17.6 Å². The molecule has 3 heteroatoms. The van der Waals surface area contributed by atoms with Crippen LogP contribution in [0, 0.1) is 5.92 Å². The Bertz CT molecular complexity index is 579. The second-order valence-corrected chi connectivity index (χ2v) is 5.82. The summed E-state index contributed by atoms with van der Waals surface area (Å²) in [5.41, 5.74) is 1.00. The number of hydrogen-bond acceptors (Lipinski definition) is 3. The van der Waals surface area contributed by atoms with E-state index in [2.05, 4.69) is 23.3 Å². The van der Waals surface area contributed by atoms with Crippen LogP contribution < -0.4 is 10.1 Å². The highest BCUT2D eigenvalue weighted by Crippen LogP contribution is 2.29. The molecule has 2 unspecified atom stereocenters. The first-order valence-electron chi connectivity index (χ1n) is 8.08. The van der Waals surface area contributed by atoms with Gasteiger partial charge in [-0.15, -0.1) is 0 Å². The number of pyridine rings is 1. The molecule has 0 spiro atoms. The van der Waals surface area contributed by atoms with Gasteiger partial charge in [-0.2, -0.15) is 0 Å². The number of ether oxygens (including phenoxy) is 1. The van der Waals surface area contributed by atoms with Gasteiger partial charge >= 0.3 is 0 Å². The van der Waals surface area contributed by atoms with Gasteiger partial charge in [0.2, 0.25) is 0 Å². The van der Waals surface area contributed by atoms with E-state index in [1.807, 2.05) is 30.5 Å². The van der Waals surface area contributed by atoms with Gasteiger partial charge in [0.1, 0.15) is 5.75 Å². The molecule has 1 fully saturated rings. The van der Waals surface area contributed by atoms with E-state index in [0.717, 1.165) is 42.1 Å². The second-order valence-electron chi connectivity index (χ2n) is 5.82. The van der Waals surface area contributed by atoms with Crippen LogP contribution in [-0.2, 0) is 0 Å². The third-order valence-electron chi connectivity index (χ3n) is 4.48. The van der Waals surface area contributed by atoms with Crippen LogP contribution in [0.5, 0.6) is 5.75 Å². The van der Waals surface area contributed by atoms with Gasteiger partial charge < -0.3 is 10.1 Å². The number of hydrogen-bond donors (Lipinski definition) is 1. The van der Waals surface area contributed by atoms with Gasteiger partial charge in [0.05, 0.1) is 12.1 Å². The van der Waals surface area contributed by atoms with E-state index in [1.54, 1.807) is 0 Å². The predicted octanol–water partition coefficient (Wildman–Crippen LogP) is 3.78. The summed E-state index contributed by atoms with van der Waals surface area (Å²) in [4.78, 5) is 4.37. The van der Waals surface area contributed by atoms with Crippen molar-refractivity contribution < 1.29 is 4.74 Å². The molecule has 0 saturated heterocycles. The molecule has 0 radical (unpaired) electrons. The Morgan fingerprint density at radius 1 is 1.24 bits per heavy atom. The van der Waals surface area contributed by atoms with Crippen molar-refractivity contribution in [2.45, 2.75) is 38.6 Å². The summed E-state index contributed by atoms with van der Waals surface area (Å²) < 4.78 is 6.04. The fraction of sp³-hybridized carbons (Fsp3) is 0.500. The zero-order chi connectivity index (χ0) is 14.5.